The Bertz CT molecular complexity index is 622. The molecule has 21 heavy (non-hydrogen) atoms. The summed E-state index contributed by atoms with van der Waals surface area (Å²) < 4.78 is 58.1. The van der Waals surface area contributed by atoms with E-state index in [1.807, 2.05) is 0 Å². The summed E-state index contributed by atoms with van der Waals surface area (Å²) in [7, 11) is 1.31. The van der Waals surface area contributed by atoms with Crippen molar-refractivity contribution in [2.45, 2.75) is 11.8 Å². The normalized spacial score (nSPS) is 14.6. The monoisotopic (exact) mass is 300 g/mol. The Morgan fingerprint density at radius 1 is 0.952 bits per heavy atom. The van der Waals surface area contributed by atoms with E-state index in [-0.39, 0.29) is 5.75 Å². The highest BCUT2D eigenvalue weighted by molar-refractivity contribution is 5.41. The Morgan fingerprint density at radius 3 is 2.10 bits per heavy atom. The summed E-state index contributed by atoms with van der Waals surface area (Å²) in [5.74, 6) is -0.508. The lowest BCUT2D eigenvalue weighted by molar-refractivity contribution is -0.248. The Hall–Kier alpha value is -2.08. The van der Waals surface area contributed by atoms with Crippen molar-refractivity contribution in [1.82, 2.24) is 0 Å². The minimum absolute atomic E-state index is 0.178. The van der Waals surface area contributed by atoms with Crippen molar-refractivity contribution in [3.63, 3.8) is 0 Å². The Balaban J connectivity index is 2.64. The lowest BCUT2D eigenvalue weighted by Crippen LogP contribution is -2.43. The molecular weight excluding hydrogens is 288 g/mol. The number of hydrogen-bond donors (Lipinski definition) is 1. The third kappa shape index (κ3) is 2.71. The minimum Gasteiger partial charge on any atom is -0.497 e. The summed E-state index contributed by atoms with van der Waals surface area (Å²) in [5.41, 5.74) is -4.11. The summed E-state index contributed by atoms with van der Waals surface area (Å²) >= 11 is 0. The van der Waals surface area contributed by atoms with Gasteiger partial charge < -0.3 is 9.84 Å². The number of halogens is 4. The lowest BCUT2D eigenvalue weighted by Gasteiger charge is -2.31. The molecule has 0 aromatic heterocycles. The highest BCUT2D eigenvalue weighted by Crippen LogP contribution is 2.44. The average Bonchev–Trinajstić information content (AvgIpc) is 2.46. The molecule has 2 aromatic rings. The van der Waals surface area contributed by atoms with Crippen LogP contribution in [-0.2, 0) is 5.60 Å². The predicted octanol–water partition coefficient (Wildman–Crippen LogP) is 3.63. The molecule has 2 aromatic carbocycles. The number of methoxy groups -OCH3 is 1. The number of hydrogen-bond acceptors (Lipinski definition) is 2. The van der Waals surface area contributed by atoms with Crippen LogP contribution in [0.1, 0.15) is 11.1 Å². The van der Waals surface area contributed by atoms with Gasteiger partial charge in [0.1, 0.15) is 11.6 Å². The van der Waals surface area contributed by atoms with E-state index in [4.69, 9.17) is 4.74 Å². The fourth-order valence-electron chi connectivity index (χ4n) is 2.03. The second-order valence-electron chi connectivity index (χ2n) is 4.45. The van der Waals surface area contributed by atoms with Crippen LogP contribution in [0.5, 0.6) is 5.75 Å². The molecule has 0 radical (unpaired) electrons. The SMILES string of the molecule is COc1cccc(C(O)(c2ccc(F)cc2)C(F)(F)F)c1. The van der Waals surface area contributed by atoms with Gasteiger partial charge in [-0.15, -0.1) is 0 Å². The first-order chi connectivity index (χ1) is 9.79. The number of alkyl halides is 3. The highest BCUT2D eigenvalue weighted by atomic mass is 19.4. The van der Waals surface area contributed by atoms with E-state index >= 15 is 0 Å². The van der Waals surface area contributed by atoms with Gasteiger partial charge in [0.15, 0.2) is 0 Å². The molecule has 6 heteroatoms. The molecule has 0 aliphatic rings. The third-order valence-corrected chi connectivity index (χ3v) is 3.16. The van der Waals surface area contributed by atoms with Crippen LogP contribution in [0.25, 0.3) is 0 Å². The zero-order valence-corrected chi connectivity index (χ0v) is 11.0. The molecule has 0 heterocycles. The van der Waals surface area contributed by atoms with Crippen LogP contribution in [0.2, 0.25) is 0 Å². The fourth-order valence-corrected chi connectivity index (χ4v) is 2.03. The van der Waals surface area contributed by atoms with E-state index in [9.17, 15) is 22.7 Å². The molecular formula is C15H12F4O2. The van der Waals surface area contributed by atoms with Gasteiger partial charge in [-0.25, -0.2) is 4.39 Å². The average molecular weight is 300 g/mol. The van der Waals surface area contributed by atoms with E-state index in [1.54, 1.807) is 0 Å². The van der Waals surface area contributed by atoms with Crippen molar-refractivity contribution in [2.24, 2.45) is 0 Å². The highest BCUT2D eigenvalue weighted by Gasteiger charge is 2.56. The van der Waals surface area contributed by atoms with Crippen LogP contribution in [0, 0.1) is 5.82 Å². The molecule has 112 valence electrons. The Kier molecular flexibility index (Phi) is 3.91. The molecule has 2 nitrogen and oxygen atoms in total. The summed E-state index contributed by atoms with van der Waals surface area (Å²) in [6.45, 7) is 0. The maximum Gasteiger partial charge on any atom is 0.425 e. The Morgan fingerprint density at radius 2 is 1.57 bits per heavy atom. The van der Waals surface area contributed by atoms with Crippen molar-refractivity contribution in [1.29, 1.82) is 0 Å². The summed E-state index contributed by atoms with van der Waals surface area (Å²) in [6.07, 6.45) is -4.98. The van der Waals surface area contributed by atoms with Gasteiger partial charge in [-0.1, -0.05) is 24.3 Å². The number of ether oxygens (including phenoxy) is 1. The molecule has 0 bridgehead atoms. The zero-order chi connectivity index (χ0) is 15.7. The van der Waals surface area contributed by atoms with E-state index in [1.165, 1.54) is 19.2 Å². The fraction of sp³-hybridized carbons (Fsp3) is 0.200. The summed E-state index contributed by atoms with van der Waals surface area (Å²) in [5, 5.41) is 10.3. The van der Waals surface area contributed by atoms with Crippen LogP contribution in [0.15, 0.2) is 48.5 Å². The van der Waals surface area contributed by atoms with Crippen LogP contribution < -0.4 is 4.74 Å². The van der Waals surface area contributed by atoms with E-state index in [0.717, 1.165) is 36.4 Å². The maximum absolute atomic E-state index is 13.4. The van der Waals surface area contributed by atoms with Gasteiger partial charge in [0, 0.05) is 5.56 Å². The molecule has 0 saturated heterocycles. The van der Waals surface area contributed by atoms with Crippen LogP contribution in [0.4, 0.5) is 17.6 Å². The summed E-state index contributed by atoms with van der Waals surface area (Å²) in [4.78, 5) is 0. The lowest BCUT2D eigenvalue weighted by atomic mass is 9.85. The van der Waals surface area contributed by atoms with Crippen LogP contribution >= 0.6 is 0 Å². The molecule has 0 fully saturated rings. The van der Waals surface area contributed by atoms with E-state index in [2.05, 4.69) is 0 Å². The van der Waals surface area contributed by atoms with Gasteiger partial charge in [0.25, 0.3) is 0 Å². The van der Waals surface area contributed by atoms with Crippen LogP contribution in [-0.4, -0.2) is 18.4 Å². The van der Waals surface area contributed by atoms with Crippen molar-refractivity contribution in [3.8, 4) is 5.75 Å². The number of rotatable bonds is 3. The van der Waals surface area contributed by atoms with Gasteiger partial charge >= 0.3 is 6.18 Å². The molecule has 0 aliphatic heterocycles. The van der Waals surface area contributed by atoms with Crippen LogP contribution in [0.3, 0.4) is 0 Å². The first-order valence-electron chi connectivity index (χ1n) is 5.98. The number of benzene rings is 2. The molecule has 1 atom stereocenters. The summed E-state index contributed by atoms with van der Waals surface area (Å²) in [6, 6.07) is 8.58. The third-order valence-electron chi connectivity index (χ3n) is 3.16. The van der Waals surface area contributed by atoms with Gasteiger partial charge in [-0.05, 0) is 29.8 Å². The molecule has 1 N–H and O–H groups in total. The molecule has 0 amide bonds. The molecule has 0 saturated carbocycles. The molecule has 0 aliphatic carbocycles. The second-order valence-corrected chi connectivity index (χ2v) is 4.45. The van der Waals surface area contributed by atoms with Gasteiger partial charge in [-0.2, -0.15) is 13.2 Å². The maximum atomic E-state index is 13.4. The first-order valence-corrected chi connectivity index (χ1v) is 5.98. The second kappa shape index (κ2) is 5.37. The van der Waals surface area contributed by atoms with Crippen molar-refractivity contribution < 1.29 is 27.4 Å². The van der Waals surface area contributed by atoms with Gasteiger partial charge in [0.2, 0.25) is 5.60 Å². The molecule has 2 rings (SSSR count). The van der Waals surface area contributed by atoms with E-state index in [0.29, 0.717) is 0 Å². The predicted molar refractivity (Wildman–Crippen MR) is 68.4 cm³/mol. The van der Waals surface area contributed by atoms with E-state index < -0.39 is 28.7 Å². The minimum atomic E-state index is -4.98. The van der Waals surface area contributed by atoms with Crippen molar-refractivity contribution in [3.05, 3.63) is 65.5 Å². The van der Waals surface area contributed by atoms with Gasteiger partial charge in [-0.3, -0.25) is 0 Å². The standard InChI is InChI=1S/C15H12F4O2/c1-21-13-4-2-3-11(9-13)14(20,15(17,18)19)10-5-7-12(16)8-6-10/h2-9,20H,1H3. The van der Waals surface area contributed by atoms with Crippen molar-refractivity contribution >= 4 is 0 Å². The molecule has 1 unspecified atom stereocenters. The first kappa shape index (κ1) is 15.3. The number of aliphatic hydroxyl groups is 1. The quantitative estimate of drug-likeness (QED) is 0.877. The molecule has 0 spiro atoms. The Labute approximate surface area is 118 Å². The topological polar surface area (TPSA) is 29.5 Å². The largest absolute Gasteiger partial charge is 0.497 e. The van der Waals surface area contributed by atoms with Gasteiger partial charge in [0.05, 0.1) is 7.11 Å². The smallest absolute Gasteiger partial charge is 0.425 e. The zero-order valence-electron chi connectivity index (χ0n) is 11.0. The van der Waals surface area contributed by atoms with Crippen molar-refractivity contribution in [2.75, 3.05) is 7.11 Å².